The van der Waals surface area contributed by atoms with Crippen molar-refractivity contribution in [3.8, 4) is 0 Å². The van der Waals surface area contributed by atoms with Crippen LogP contribution in [0.5, 0.6) is 0 Å². The third-order valence-electron chi connectivity index (χ3n) is 4.19. The van der Waals surface area contributed by atoms with E-state index in [1.807, 2.05) is 0 Å². The zero-order valence-electron chi connectivity index (χ0n) is 14.5. The van der Waals surface area contributed by atoms with E-state index in [2.05, 4.69) is 10.6 Å². The van der Waals surface area contributed by atoms with Gasteiger partial charge in [0.05, 0.1) is 21.4 Å². The first-order chi connectivity index (χ1) is 13.3. The highest BCUT2D eigenvalue weighted by Crippen LogP contribution is 2.27. The summed E-state index contributed by atoms with van der Waals surface area (Å²) in [6.07, 6.45) is 0. The van der Waals surface area contributed by atoms with E-state index in [1.54, 1.807) is 46.2 Å². The number of carbonyl (C=O) groups is 2. The molecule has 0 bridgehead atoms. The van der Waals surface area contributed by atoms with Crippen LogP contribution in [0.15, 0.2) is 36.4 Å². The SMILES string of the molecule is O=C(Nc1cc(Cl)ccc1Cl)N1CCN(C(=O)Nc2cc(Cl)ccc2Cl)CC1. The van der Waals surface area contributed by atoms with Crippen LogP contribution in [0.2, 0.25) is 20.1 Å². The summed E-state index contributed by atoms with van der Waals surface area (Å²) in [6.45, 7) is 1.50. The number of benzene rings is 2. The number of nitrogens with one attached hydrogen (secondary N) is 2. The second-order valence-electron chi connectivity index (χ2n) is 6.08. The van der Waals surface area contributed by atoms with E-state index in [-0.39, 0.29) is 12.1 Å². The zero-order valence-corrected chi connectivity index (χ0v) is 17.5. The maximum absolute atomic E-state index is 12.4. The minimum absolute atomic E-state index is 0.304. The number of nitrogens with zero attached hydrogens (tertiary/aromatic N) is 2. The number of rotatable bonds is 2. The molecule has 1 fully saturated rings. The highest BCUT2D eigenvalue weighted by molar-refractivity contribution is 6.36. The monoisotopic (exact) mass is 460 g/mol. The van der Waals surface area contributed by atoms with Gasteiger partial charge in [-0.2, -0.15) is 0 Å². The minimum atomic E-state index is -0.304. The molecule has 10 heteroatoms. The Labute approximate surface area is 182 Å². The summed E-state index contributed by atoms with van der Waals surface area (Å²) in [5.41, 5.74) is 0.880. The lowest BCUT2D eigenvalue weighted by molar-refractivity contribution is 0.156. The van der Waals surface area contributed by atoms with Gasteiger partial charge in [-0.05, 0) is 36.4 Å². The molecule has 3 rings (SSSR count). The summed E-state index contributed by atoms with van der Waals surface area (Å²) < 4.78 is 0. The van der Waals surface area contributed by atoms with E-state index >= 15 is 0 Å². The van der Waals surface area contributed by atoms with Crippen molar-refractivity contribution in [3.63, 3.8) is 0 Å². The second-order valence-corrected chi connectivity index (χ2v) is 7.77. The van der Waals surface area contributed by atoms with Crippen molar-refractivity contribution in [2.45, 2.75) is 0 Å². The van der Waals surface area contributed by atoms with Gasteiger partial charge in [-0.15, -0.1) is 0 Å². The average molecular weight is 462 g/mol. The van der Waals surface area contributed by atoms with Gasteiger partial charge in [0.25, 0.3) is 0 Å². The van der Waals surface area contributed by atoms with Crippen LogP contribution in [-0.2, 0) is 0 Å². The molecule has 1 heterocycles. The number of hydrogen-bond donors (Lipinski definition) is 2. The lowest BCUT2D eigenvalue weighted by Crippen LogP contribution is -2.52. The lowest BCUT2D eigenvalue weighted by atomic mass is 10.3. The van der Waals surface area contributed by atoms with Gasteiger partial charge in [0.2, 0.25) is 0 Å². The van der Waals surface area contributed by atoms with Gasteiger partial charge < -0.3 is 20.4 Å². The van der Waals surface area contributed by atoms with Gasteiger partial charge in [0, 0.05) is 36.2 Å². The quantitative estimate of drug-likeness (QED) is 0.603. The number of hydrogen-bond acceptors (Lipinski definition) is 2. The Morgan fingerprint density at radius 1 is 0.679 bits per heavy atom. The number of carbonyl (C=O) groups excluding carboxylic acids is 2. The van der Waals surface area contributed by atoms with Gasteiger partial charge in [0.1, 0.15) is 0 Å². The summed E-state index contributed by atoms with van der Waals surface area (Å²) in [5.74, 6) is 0. The van der Waals surface area contributed by atoms with E-state index in [0.29, 0.717) is 57.6 Å². The zero-order chi connectivity index (χ0) is 20.3. The average Bonchev–Trinajstić information content (AvgIpc) is 2.67. The summed E-state index contributed by atoms with van der Waals surface area (Å²) in [5, 5.41) is 7.22. The first-order valence-corrected chi connectivity index (χ1v) is 9.86. The Hall–Kier alpha value is -1.86. The molecular formula is C18H16Cl4N4O2. The molecule has 2 N–H and O–H groups in total. The molecule has 28 heavy (non-hydrogen) atoms. The molecular weight excluding hydrogens is 446 g/mol. The van der Waals surface area contributed by atoms with Gasteiger partial charge in [-0.1, -0.05) is 46.4 Å². The van der Waals surface area contributed by atoms with Crippen molar-refractivity contribution < 1.29 is 9.59 Å². The third kappa shape index (κ3) is 5.14. The molecule has 1 saturated heterocycles. The Morgan fingerprint density at radius 2 is 1.04 bits per heavy atom. The van der Waals surface area contributed by atoms with E-state index in [1.165, 1.54) is 0 Å². The minimum Gasteiger partial charge on any atom is -0.321 e. The van der Waals surface area contributed by atoms with Crippen LogP contribution in [0, 0.1) is 0 Å². The Kier molecular flexibility index (Phi) is 6.78. The number of amides is 4. The molecule has 1 aliphatic rings. The summed E-state index contributed by atoms with van der Waals surface area (Å²) in [4.78, 5) is 28.1. The van der Waals surface area contributed by atoms with Crippen molar-refractivity contribution in [3.05, 3.63) is 56.5 Å². The Morgan fingerprint density at radius 3 is 1.39 bits per heavy atom. The largest absolute Gasteiger partial charge is 0.322 e. The first-order valence-electron chi connectivity index (χ1n) is 8.35. The van der Waals surface area contributed by atoms with Gasteiger partial charge in [-0.3, -0.25) is 0 Å². The predicted octanol–water partition coefficient (Wildman–Crippen LogP) is 5.68. The fraction of sp³-hybridized carbons (Fsp3) is 0.222. The maximum atomic E-state index is 12.4. The van der Waals surface area contributed by atoms with E-state index in [4.69, 9.17) is 46.4 Å². The smallest absolute Gasteiger partial charge is 0.321 e. The van der Waals surface area contributed by atoms with Gasteiger partial charge in [-0.25, -0.2) is 9.59 Å². The molecule has 2 aromatic carbocycles. The highest BCUT2D eigenvalue weighted by atomic mass is 35.5. The molecule has 0 atom stereocenters. The van der Waals surface area contributed by atoms with Crippen LogP contribution in [-0.4, -0.2) is 48.0 Å². The molecule has 0 spiro atoms. The van der Waals surface area contributed by atoms with Crippen molar-refractivity contribution in [2.24, 2.45) is 0 Å². The fourth-order valence-corrected chi connectivity index (χ4v) is 3.36. The predicted molar refractivity (Wildman–Crippen MR) is 114 cm³/mol. The number of halogens is 4. The fourth-order valence-electron chi connectivity index (χ4n) is 2.69. The van der Waals surface area contributed by atoms with Crippen LogP contribution >= 0.6 is 46.4 Å². The molecule has 0 aliphatic carbocycles. The molecule has 4 amide bonds. The maximum Gasteiger partial charge on any atom is 0.322 e. The van der Waals surface area contributed by atoms with E-state index in [0.717, 1.165) is 0 Å². The summed E-state index contributed by atoms with van der Waals surface area (Å²) >= 11 is 24.0. The normalized spacial score (nSPS) is 14.0. The molecule has 0 radical (unpaired) electrons. The van der Waals surface area contributed by atoms with Crippen LogP contribution in [0.25, 0.3) is 0 Å². The third-order valence-corrected chi connectivity index (χ3v) is 5.32. The Balaban J connectivity index is 1.55. The summed E-state index contributed by atoms with van der Waals surface area (Å²) in [7, 11) is 0. The molecule has 2 aromatic rings. The molecule has 148 valence electrons. The van der Waals surface area contributed by atoms with Crippen molar-refractivity contribution in [2.75, 3.05) is 36.8 Å². The van der Waals surface area contributed by atoms with Gasteiger partial charge in [0.15, 0.2) is 0 Å². The molecule has 0 aromatic heterocycles. The lowest BCUT2D eigenvalue weighted by Gasteiger charge is -2.34. The van der Waals surface area contributed by atoms with Crippen molar-refractivity contribution in [1.82, 2.24) is 9.80 Å². The van der Waals surface area contributed by atoms with E-state index in [9.17, 15) is 9.59 Å². The van der Waals surface area contributed by atoms with Crippen LogP contribution < -0.4 is 10.6 Å². The molecule has 0 saturated carbocycles. The van der Waals surface area contributed by atoms with Crippen LogP contribution in [0.4, 0.5) is 21.0 Å². The van der Waals surface area contributed by atoms with Crippen molar-refractivity contribution >= 4 is 69.8 Å². The molecule has 6 nitrogen and oxygen atoms in total. The standard InChI is InChI=1S/C18H16Cl4N4O2/c19-11-1-3-13(21)15(9-11)23-17(27)25-5-7-26(8-6-25)18(28)24-16-10-12(20)2-4-14(16)22/h1-4,9-10H,5-8H2,(H,23,27)(H,24,28). The van der Waals surface area contributed by atoms with Crippen LogP contribution in [0.3, 0.4) is 0 Å². The van der Waals surface area contributed by atoms with Crippen molar-refractivity contribution in [1.29, 1.82) is 0 Å². The van der Waals surface area contributed by atoms with E-state index < -0.39 is 0 Å². The Bertz CT molecular complexity index is 828. The molecule has 1 aliphatic heterocycles. The number of urea groups is 2. The topological polar surface area (TPSA) is 64.7 Å². The second kappa shape index (κ2) is 9.09. The summed E-state index contributed by atoms with van der Waals surface area (Å²) in [6, 6.07) is 9.07. The molecule has 0 unspecified atom stereocenters. The van der Waals surface area contributed by atoms with Crippen LogP contribution in [0.1, 0.15) is 0 Å². The van der Waals surface area contributed by atoms with Gasteiger partial charge >= 0.3 is 12.1 Å². The highest BCUT2D eigenvalue weighted by Gasteiger charge is 2.25. The number of piperazine rings is 1. The first kappa shape index (κ1) is 20.9. The number of anilines is 2.